The van der Waals surface area contributed by atoms with Crippen molar-refractivity contribution in [3.8, 4) is 56.7 Å². The first-order valence-electron chi connectivity index (χ1n) is 15.4. The standard InChI is InChI=1S/C41H25N5S/c1-3-11-27(12-4-1)39-44-40(28-13-5-2-6-14-28)46-41(45-39)31-16-9-15-29(24-31)30-18-19-35-34(25-30)33-21-23-43-37(38(33)47-35)36-32-17-8-7-10-26(32)20-22-42-36/h1-25H. The molecule has 0 fully saturated rings. The number of benzene rings is 5. The molecule has 0 spiro atoms. The van der Waals surface area contributed by atoms with Crippen LogP contribution in [-0.2, 0) is 0 Å². The van der Waals surface area contributed by atoms with E-state index in [4.69, 9.17) is 24.9 Å². The molecule has 0 aliphatic rings. The minimum atomic E-state index is 0.639. The van der Waals surface area contributed by atoms with Crippen molar-refractivity contribution in [2.75, 3.05) is 0 Å². The van der Waals surface area contributed by atoms with Gasteiger partial charge in [-0.15, -0.1) is 11.3 Å². The van der Waals surface area contributed by atoms with Gasteiger partial charge >= 0.3 is 0 Å². The highest BCUT2D eigenvalue weighted by Gasteiger charge is 2.16. The monoisotopic (exact) mass is 619 g/mol. The maximum absolute atomic E-state index is 4.94. The van der Waals surface area contributed by atoms with Crippen molar-refractivity contribution in [1.29, 1.82) is 0 Å². The van der Waals surface area contributed by atoms with Crippen LogP contribution in [0.5, 0.6) is 0 Å². The Labute approximate surface area is 275 Å². The van der Waals surface area contributed by atoms with Crippen LogP contribution >= 0.6 is 11.3 Å². The molecule has 6 heteroatoms. The lowest BCUT2D eigenvalue weighted by Crippen LogP contribution is -2.00. The van der Waals surface area contributed by atoms with Gasteiger partial charge in [0.2, 0.25) is 0 Å². The smallest absolute Gasteiger partial charge is 0.164 e. The Balaban J connectivity index is 1.16. The van der Waals surface area contributed by atoms with E-state index in [1.807, 2.05) is 79.1 Å². The molecular formula is C41H25N5S. The lowest BCUT2D eigenvalue weighted by Gasteiger charge is -2.10. The number of pyridine rings is 2. The summed E-state index contributed by atoms with van der Waals surface area (Å²) in [6, 6.07) is 47.8. The molecule has 9 rings (SSSR count). The highest BCUT2D eigenvalue weighted by atomic mass is 32.1. The summed E-state index contributed by atoms with van der Waals surface area (Å²) in [6.07, 6.45) is 3.77. The molecular weight excluding hydrogens is 595 g/mol. The van der Waals surface area contributed by atoms with Crippen LogP contribution in [0.15, 0.2) is 152 Å². The molecule has 0 saturated heterocycles. The van der Waals surface area contributed by atoms with Crippen molar-refractivity contribution in [3.05, 3.63) is 152 Å². The average molecular weight is 620 g/mol. The van der Waals surface area contributed by atoms with E-state index in [0.29, 0.717) is 17.5 Å². The van der Waals surface area contributed by atoms with E-state index in [2.05, 4.69) is 72.8 Å². The van der Waals surface area contributed by atoms with E-state index in [-0.39, 0.29) is 0 Å². The number of aromatic nitrogens is 5. The first-order chi connectivity index (χ1) is 23.3. The Morgan fingerprint density at radius 3 is 1.74 bits per heavy atom. The van der Waals surface area contributed by atoms with Crippen LogP contribution in [0, 0.1) is 0 Å². The normalized spacial score (nSPS) is 11.4. The second-order valence-corrected chi connectivity index (χ2v) is 12.4. The summed E-state index contributed by atoms with van der Waals surface area (Å²) < 4.78 is 2.36. The number of nitrogens with zero attached hydrogens (tertiary/aromatic N) is 5. The Morgan fingerprint density at radius 1 is 0.383 bits per heavy atom. The van der Waals surface area contributed by atoms with Gasteiger partial charge in [-0.05, 0) is 46.8 Å². The van der Waals surface area contributed by atoms with Crippen molar-refractivity contribution in [2.45, 2.75) is 0 Å². The molecule has 0 amide bonds. The fraction of sp³-hybridized carbons (Fsp3) is 0. The fourth-order valence-corrected chi connectivity index (χ4v) is 7.30. The summed E-state index contributed by atoms with van der Waals surface area (Å²) in [5.41, 5.74) is 6.89. The molecule has 5 aromatic carbocycles. The summed E-state index contributed by atoms with van der Waals surface area (Å²) in [6.45, 7) is 0. The molecule has 0 radical (unpaired) electrons. The minimum absolute atomic E-state index is 0.639. The molecule has 220 valence electrons. The summed E-state index contributed by atoms with van der Waals surface area (Å²) in [4.78, 5) is 24.4. The predicted octanol–water partition coefficient (Wildman–Crippen LogP) is 10.5. The van der Waals surface area contributed by atoms with Crippen LogP contribution in [0.2, 0.25) is 0 Å². The van der Waals surface area contributed by atoms with E-state index in [1.54, 1.807) is 11.3 Å². The van der Waals surface area contributed by atoms with E-state index < -0.39 is 0 Å². The largest absolute Gasteiger partial charge is 0.254 e. The quantitative estimate of drug-likeness (QED) is 0.192. The van der Waals surface area contributed by atoms with Crippen molar-refractivity contribution in [3.63, 3.8) is 0 Å². The summed E-state index contributed by atoms with van der Waals surface area (Å²) in [7, 11) is 0. The van der Waals surface area contributed by atoms with Crippen molar-refractivity contribution in [1.82, 2.24) is 24.9 Å². The lowest BCUT2D eigenvalue weighted by atomic mass is 10.0. The van der Waals surface area contributed by atoms with E-state index in [0.717, 1.165) is 54.7 Å². The fourth-order valence-electron chi connectivity index (χ4n) is 6.14. The molecule has 0 N–H and O–H groups in total. The molecule has 4 heterocycles. The van der Waals surface area contributed by atoms with Gasteiger partial charge in [0.1, 0.15) is 5.69 Å². The minimum Gasteiger partial charge on any atom is -0.254 e. The van der Waals surface area contributed by atoms with Gasteiger partial charge in [-0.25, -0.2) is 15.0 Å². The zero-order valence-corrected chi connectivity index (χ0v) is 25.9. The SMILES string of the molecule is c1ccc(-c2nc(-c3ccccc3)nc(-c3cccc(-c4ccc5sc6c(-c7nccc8ccccc78)nccc6c5c4)c3)n2)cc1. The van der Waals surface area contributed by atoms with Crippen LogP contribution in [0.1, 0.15) is 0 Å². The van der Waals surface area contributed by atoms with Crippen molar-refractivity contribution in [2.24, 2.45) is 0 Å². The number of thiophene rings is 1. The topological polar surface area (TPSA) is 64.5 Å². The molecule has 5 nitrogen and oxygen atoms in total. The lowest BCUT2D eigenvalue weighted by molar-refractivity contribution is 1.07. The van der Waals surface area contributed by atoms with Crippen LogP contribution in [-0.4, -0.2) is 24.9 Å². The second kappa shape index (κ2) is 11.4. The number of hydrogen-bond acceptors (Lipinski definition) is 6. The third-order valence-corrected chi connectivity index (χ3v) is 9.63. The van der Waals surface area contributed by atoms with Crippen LogP contribution < -0.4 is 0 Å². The van der Waals surface area contributed by atoms with Gasteiger partial charge in [-0.1, -0.05) is 109 Å². The molecule has 0 atom stereocenters. The third-order valence-electron chi connectivity index (χ3n) is 8.44. The van der Waals surface area contributed by atoms with Crippen LogP contribution in [0.4, 0.5) is 0 Å². The summed E-state index contributed by atoms with van der Waals surface area (Å²) in [5.74, 6) is 1.94. The first-order valence-corrected chi connectivity index (χ1v) is 16.2. The van der Waals surface area contributed by atoms with Crippen LogP contribution in [0.25, 0.3) is 87.6 Å². The van der Waals surface area contributed by atoms with Gasteiger partial charge < -0.3 is 0 Å². The predicted molar refractivity (Wildman–Crippen MR) is 193 cm³/mol. The molecule has 0 bridgehead atoms. The molecule has 9 aromatic rings. The van der Waals surface area contributed by atoms with Gasteiger partial charge in [-0.3, -0.25) is 9.97 Å². The van der Waals surface area contributed by atoms with E-state index >= 15 is 0 Å². The molecule has 0 unspecified atom stereocenters. The molecule has 0 aliphatic heterocycles. The molecule has 0 saturated carbocycles. The Morgan fingerprint density at radius 2 is 0.979 bits per heavy atom. The zero-order valence-electron chi connectivity index (χ0n) is 25.1. The maximum Gasteiger partial charge on any atom is 0.164 e. The maximum atomic E-state index is 4.94. The first kappa shape index (κ1) is 27.2. The van der Waals surface area contributed by atoms with Gasteiger partial charge in [-0.2, -0.15) is 0 Å². The Kier molecular flexibility index (Phi) is 6.58. The van der Waals surface area contributed by atoms with E-state index in [1.165, 1.54) is 15.5 Å². The highest BCUT2D eigenvalue weighted by Crippen LogP contribution is 2.41. The summed E-state index contributed by atoms with van der Waals surface area (Å²) >= 11 is 1.77. The van der Waals surface area contributed by atoms with Crippen molar-refractivity contribution >= 4 is 42.3 Å². The highest BCUT2D eigenvalue weighted by molar-refractivity contribution is 7.26. The average Bonchev–Trinajstić information content (AvgIpc) is 3.53. The Hall–Kier alpha value is -6.11. The third kappa shape index (κ3) is 4.92. The van der Waals surface area contributed by atoms with Crippen LogP contribution in [0.3, 0.4) is 0 Å². The van der Waals surface area contributed by atoms with Crippen molar-refractivity contribution < 1.29 is 0 Å². The number of rotatable bonds is 5. The second-order valence-electron chi connectivity index (χ2n) is 11.3. The van der Waals surface area contributed by atoms with Gasteiger partial charge in [0.15, 0.2) is 17.5 Å². The molecule has 4 aromatic heterocycles. The van der Waals surface area contributed by atoms with E-state index in [9.17, 15) is 0 Å². The zero-order chi connectivity index (χ0) is 31.2. The number of fused-ring (bicyclic) bond motifs is 4. The van der Waals surface area contributed by atoms with Gasteiger partial charge in [0.05, 0.1) is 10.4 Å². The number of hydrogen-bond donors (Lipinski definition) is 0. The van der Waals surface area contributed by atoms with Gasteiger partial charge in [0, 0.05) is 49.9 Å². The Bertz CT molecular complexity index is 2520. The molecule has 47 heavy (non-hydrogen) atoms. The summed E-state index contributed by atoms with van der Waals surface area (Å²) in [5, 5.41) is 4.65. The van der Waals surface area contributed by atoms with Gasteiger partial charge in [0.25, 0.3) is 0 Å². The molecule has 0 aliphatic carbocycles.